The highest BCUT2D eigenvalue weighted by Gasteiger charge is 2.70. The molecule has 0 bridgehead atoms. The number of hydrogen-bond donors (Lipinski definition) is 2. The van der Waals surface area contributed by atoms with E-state index in [9.17, 15) is 27.9 Å². The summed E-state index contributed by atoms with van der Waals surface area (Å²) in [5.74, 6) is -3.32. The van der Waals surface area contributed by atoms with Crippen LogP contribution < -0.4 is 0 Å². The Kier molecular flexibility index (Phi) is 3.01. The van der Waals surface area contributed by atoms with Gasteiger partial charge in [0.05, 0.1) is 19.2 Å². The fourth-order valence-corrected chi connectivity index (χ4v) is 5.44. The first-order chi connectivity index (χ1) is 10.6. The number of nitrogens with zero attached hydrogens (tertiary/aromatic N) is 4. The van der Waals surface area contributed by atoms with E-state index in [4.69, 9.17) is 5.11 Å². The Hall–Kier alpha value is -2.50. The summed E-state index contributed by atoms with van der Waals surface area (Å²) in [4.78, 5) is 34.8. The van der Waals surface area contributed by atoms with Crippen molar-refractivity contribution in [3.63, 3.8) is 0 Å². The van der Waals surface area contributed by atoms with Crippen molar-refractivity contribution in [1.29, 1.82) is 0 Å². The lowest BCUT2D eigenvalue weighted by molar-refractivity contribution is -0.157. The van der Waals surface area contributed by atoms with E-state index in [-0.39, 0.29) is 6.42 Å². The van der Waals surface area contributed by atoms with Gasteiger partial charge in [-0.2, -0.15) is 0 Å². The first-order valence-electron chi connectivity index (χ1n) is 6.50. The van der Waals surface area contributed by atoms with E-state index in [1.807, 2.05) is 0 Å². The summed E-state index contributed by atoms with van der Waals surface area (Å²) in [5, 5.41) is 23.9. The third-order valence-electron chi connectivity index (χ3n) is 4.28. The van der Waals surface area contributed by atoms with Crippen LogP contribution in [-0.4, -0.2) is 72.5 Å². The van der Waals surface area contributed by atoms with Gasteiger partial charge in [-0.05, 0) is 6.92 Å². The Bertz CT molecular complexity index is 831. The molecule has 124 valence electrons. The van der Waals surface area contributed by atoms with Gasteiger partial charge >= 0.3 is 11.9 Å². The first-order valence-corrected chi connectivity index (χ1v) is 8.05. The summed E-state index contributed by atoms with van der Waals surface area (Å²) in [6.07, 6.45) is 0.763. The van der Waals surface area contributed by atoms with Crippen LogP contribution in [0.5, 0.6) is 0 Å². The van der Waals surface area contributed by atoms with E-state index in [0.717, 1.165) is 15.8 Å². The Balaban J connectivity index is 2.04. The molecule has 0 spiro atoms. The predicted molar refractivity (Wildman–Crippen MR) is 71.0 cm³/mol. The molecule has 0 radical (unpaired) electrons. The SMILES string of the molecule is C[C@]1(Cn2cc(C(=O)O)nn2)[C@H](C(=O)O)N2C(=O)C[C@H]2S1(=O)=O. The molecule has 2 fully saturated rings. The second-order valence-electron chi connectivity index (χ2n) is 5.66. The number of fused-ring (bicyclic) bond motifs is 1. The summed E-state index contributed by atoms with van der Waals surface area (Å²) in [7, 11) is -3.98. The summed E-state index contributed by atoms with van der Waals surface area (Å²) in [6, 6.07) is -1.56. The highest BCUT2D eigenvalue weighted by atomic mass is 32.2. The molecule has 0 aromatic carbocycles. The van der Waals surface area contributed by atoms with Crippen molar-refractivity contribution in [2.24, 2.45) is 0 Å². The zero-order valence-corrected chi connectivity index (χ0v) is 12.6. The molecule has 23 heavy (non-hydrogen) atoms. The van der Waals surface area contributed by atoms with E-state index >= 15 is 0 Å². The molecule has 0 unspecified atom stereocenters. The van der Waals surface area contributed by atoms with Gasteiger partial charge in [0, 0.05) is 0 Å². The number of β-lactam (4-membered cyclic amide) rings is 1. The Morgan fingerprint density at radius 3 is 2.57 bits per heavy atom. The molecular weight excluding hydrogens is 332 g/mol. The normalized spacial score (nSPS) is 31.5. The number of carboxylic acid groups (broad SMARTS) is 2. The average molecular weight is 344 g/mol. The van der Waals surface area contributed by atoms with Crippen LogP contribution in [0.3, 0.4) is 0 Å². The molecule has 3 atom stereocenters. The molecule has 2 N–H and O–H groups in total. The van der Waals surface area contributed by atoms with Gasteiger partial charge in [0.2, 0.25) is 5.91 Å². The van der Waals surface area contributed by atoms with Gasteiger partial charge < -0.3 is 15.1 Å². The maximum atomic E-state index is 12.6. The molecule has 3 rings (SSSR count). The number of carbonyl (C=O) groups excluding carboxylic acids is 1. The summed E-state index contributed by atoms with van der Waals surface area (Å²) < 4.78 is 24.4. The number of rotatable bonds is 4. The Morgan fingerprint density at radius 2 is 2.09 bits per heavy atom. The second kappa shape index (κ2) is 4.50. The predicted octanol–water partition coefficient (Wildman–Crippen LogP) is -1.82. The average Bonchev–Trinajstić information content (AvgIpc) is 2.93. The van der Waals surface area contributed by atoms with Crippen molar-refractivity contribution in [1.82, 2.24) is 19.9 Å². The van der Waals surface area contributed by atoms with E-state index in [0.29, 0.717) is 0 Å². The van der Waals surface area contributed by atoms with Crippen molar-refractivity contribution in [3.05, 3.63) is 11.9 Å². The lowest BCUT2D eigenvalue weighted by Gasteiger charge is -2.35. The van der Waals surface area contributed by atoms with Crippen molar-refractivity contribution in [3.8, 4) is 0 Å². The van der Waals surface area contributed by atoms with Crippen LogP contribution in [0.25, 0.3) is 0 Å². The van der Waals surface area contributed by atoms with Crippen LogP contribution >= 0.6 is 0 Å². The molecule has 12 heteroatoms. The first kappa shape index (κ1) is 15.4. The van der Waals surface area contributed by atoms with Gasteiger partial charge in [-0.1, -0.05) is 5.21 Å². The minimum absolute atomic E-state index is 0.251. The van der Waals surface area contributed by atoms with E-state index in [2.05, 4.69) is 10.3 Å². The smallest absolute Gasteiger partial charge is 0.358 e. The fraction of sp³-hybridized carbons (Fsp3) is 0.545. The monoisotopic (exact) mass is 344 g/mol. The number of sulfone groups is 1. The van der Waals surface area contributed by atoms with Gasteiger partial charge in [-0.3, -0.25) is 4.79 Å². The van der Waals surface area contributed by atoms with Crippen LogP contribution in [0.15, 0.2) is 6.20 Å². The van der Waals surface area contributed by atoms with E-state index in [1.165, 1.54) is 6.92 Å². The Morgan fingerprint density at radius 1 is 1.43 bits per heavy atom. The van der Waals surface area contributed by atoms with Crippen LogP contribution in [0.1, 0.15) is 23.8 Å². The molecule has 0 aliphatic carbocycles. The zero-order valence-electron chi connectivity index (χ0n) is 11.8. The summed E-state index contributed by atoms with van der Waals surface area (Å²) in [5.41, 5.74) is -0.393. The number of aromatic nitrogens is 3. The summed E-state index contributed by atoms with van der Waals surface area (Å²) in [6.45, 7) is 0.793. The number of carbonyl (C=O) groups is 3. The molecule has 2 aliphatic rings. The van der Waals surface area contributed by atoms with Gasteiger partial charge in [-0.25, -0.2) is 22.7 Å². The molecule has 2 aliphatic heterocycles. The quantitative estimate of drug-likeness (QED) is 0.599. The van der Waals surface area contributed by atoms with Crippen molar-refractivity contribution in [2.75, 3.05) is 0 Å². The number of carboxylic acids is 2. The lowest BCUT2D eigenvalue weighted by Crippen LogP contribution is -2.58. The minimum atomic E-state index is -3.98. The van der Waals surface area contributed by atoms with Gasteiger partial charge in [-0.15, -0.1) is 5.10 Å². The molecule has 1 aromatic heterocycles. The van der Waals surface area contributed by atoms with Gasteiger partial charge in [0.15, 0.2) is 21.6 Å². The number of amides is 1. The fourth-order valence-electron chi connectivity index (χ4n) is 3.08. The highest BCUT2D eigenvalue weighted by Crippen LogP contribution is 2.46. The van der Waals surface area contributed by atoms with E-state index < -0.39 is 56.1 Å². The standard InChI is InChI=1S/C11H12N4O7S/c1-11(4-14-3-5(9(17)18)12-13-14)8(10(19)20)15-6(16)2-7(15)23(11,21)22/h3,7-8H,2,4H2,1H3,(H,17,18)(H,19,20)/t7-,8+,11+/m1/s1. The van der Waals surface area contributed by atoms with E-state index in [1.54, 1.807) is 0 Å². The molecular formula is C11H12N4O7S. The van der Waals surface area contributed by atoms with Crippen molar-refractivity contribution < 1.29 is 33.0 Å². The largest absolute Gasteiger partial charge is 0.480 e. The molecule has 1 aromatic rings. The molecule has 0 saturated carbocycles. The summed E-state index contributed by atoms with van der Waals surface area (Å²) >= 11 is 0. The maximum Gasteiger partial charge on any atom is 0.358 e. The number of aromatic carboxylic acids is 1. The van der Waals surface area contributed by atoms with Crippen LogP contribution in [0.4, 0.5) is 0 Å². The molecule has 11 nitrogen and oxygen atoms in total. The number of hydrogen-bond acceptors (Lipinski definition) is 7. The van der Waals surface area contributed by atoms with Crippen molar-refractivity contribution >= 4 is 27.7 Å². The molecule has 3 heterocycles. The third kappa shape index (κ3) is 1.87. The van der Waals surface area contributed by atoms with Gasteiger partial charge in [0.1, 0.15) is 10.1 Å². The molecule has 2 saturated heterocycles. The zero-order chi connectivity index (χ0) is 17.2. The van der Waals surface area contributed by atoms with Crippen LogP contribution in [0, 0.1) is 0 Å². The highest BCUT2D eigenvalue weighted by molar-refractivity contribution is 7.93. The second-order valence-corrected chi connectivity index (χ2v) is 8.23. The topological polar surface area (TPSA) is 160 Å². The lowest BCUT2D eigenvalue weighted by atomic mass is 9.96. The van der Waals surface area contributed by atoms with Crippen LogP contribution in [0.2, 0.25) is 0 Å². The number of aliphatic carboxylic acids is 1. The third-order valence-corrected chi connectivity index (χ3v) is 7.04. The Labute approximate surface area is 129 Å². The van der Waals surface area contributed by atoms with Gasteiger partial charge in [0.25, 0.3) is 0 Å². The minimum Gasteiger partial charge on any atom is -0.480 e. The maximum absolute atomic E-state index is 12.6. The van der Waals surface area contributed by atoms with Crippen LogP contribution in [-0.2, 0) is 26.0 Å². The molecule has 1 amide bonds. The van der Waals surface area contributed by atoms with Crippen molar-refractivity contribution in [2.45, 2.75) is 36.1 Å².